The number of benzene rings is 1. The minimum Gasteiger partial charge on any atom is -0.392 e. The maximum atomic E-state index is 13.7. The molecule has 19 heavy (non-hydrogen) atoms. The van der Waals surface area contributed by atoms with Crippen LogP contribution in [0.3, 0.4) is 0 Å². The molecule has 2 rings (SSSR count). The minimum atomic E-state index is -4.09. The van der Waals surface area contributed by atoms with Gasteiger partial charge in [0, 0.05) is 23.6 Å². The summed E-state index contributed by atoms with van der Waals surface area (Å²) < 4.78 is 52.2. The predicted molar refractivity (Wildman–Crippen MR) is 68.1 cm³/mol. The average Bonchev–Trinajstić information content (AvgIpc) is 2.26. The van der Waals surface area contributed by atoms with Gasteiger partial charge < -0.3 is 5.11 Å². The van der Waals surface area contributed by atoms with E-state index in [4.69, 9.17) is 0 Å². The highest BCUT2D eigenvalue weighted by atomic mass is 79.9. The van der Waals surface area contributed by atoms with E-state index in [0.29, 0.717) is 18.9 Å². The molecular weight excluding hydrogens is 344 g/mol. The molecule has 0 amide bonds. The average molecular weight is 356 g/mol. The third-order valence-electron chi connectivity index (χ3n) is 2.92. The highest BCUT2D eigenvalue weighted by Gasteiger charge is 2.33. The van der Waals surface area contributed by atoms with Crippen molar-refractivity contribution in [1.82, 2.24) is 4.31 Å². The van der Waals surface area contributed by atoms with Crippen LogP contribution in [0.4, 0.5) is 8.78 Å². The van der Waals surface area contributed by atoms with Crippen LogP contribution in [0.1, 0.15) is 12.8 Å². The molecule has 1 atom stereocenters. The number of nitrogens with zero attached hydrogens (tertiary/aromatic N) is 1. The third kappa shape index (κ3) is 2.96. The first-order valence-corrected chi connectivity index (χ1v) is 7.88. The van der Waals surface area contributed by atoms with Gasteiger partial charge in [0.25, 0.3) is 0 Å². The van der Waals surface area contributed by atoms with E-state index in [1.165, 1.54) is 0 Å². The van der Waals surface area contributed by atoms with Gasteiger partial charge in [-0.2, -0.15) is 4.31 Å². The smallest absolute Gasteiger partial charge is 0.247 e. The largest absolute Gasteiger partial charge is 0.392 e. The van der Waals surface area contributed by atoms with Gasteiger partial charge in [0.15, 0.2) is 0 Å². The fraction of sp³-hybridized carbons (Fsp3) is 0.455. The fourth-order valence-electron chi connectivity index (χ4n) is 2.04. The van der Waals surface area contributed by atoms with Crippen LogP contribution in [-0.4, -0.2) is 37.0 Å². The molecule has 106 valence electrons. The zero-order valence-corrected chi connectivity index (χ0v) is 12.2. The van der Waals surface area contributed by atoms with Crippen LogP contribution in [0.2, 0.25) is 0 Å². The zero-order chi connectivity index (χ0) is 14.2. The van der Waals surface area contributed by atoms with Crippen LogP contribution >= 0.6 is 15.9 Å². The lowest BCUT2D eigenvalue weighted by Gasteiger charge is -2.29. The summed E-state index contributed by atoms with van der Waals surface area (Å²) in [7, 11) is -4.09. The monoisotopic (exact) mass is 355 g/mol. The first kappa shape index (κ1) is 14.8. The maximum Gasteiger partial charge on any atom is 0.247 e. The molecule has 0 bridgehead atoms. The summed E-state index contributed by atoms with van der Waals surface area (Å²) in [5, 5.41) is 9.50. The number of hydrogen-bond donors (Lipinski definition) is 1. The van der Waals surface area contributed by atoms with Crippen LogP contribution in [0, 0.1) is 11.6 Å². The van der Waals surface area contributed by atoms with Crippen molar-refractivity contribution >= 4 is 26.0 Å². The number of rotatable bonds is 2. The summed E-state index contributed by atoms with van der Waals surface area (Å²) in [5.41, 5.74) is 0. The van der Waals surface area contributed by atoms with E-state index >= 15 is 0 Å². The molecule has 1 heterocycles. The Morgan fingerprint density at radius 3 is 2.63 bits per heavy atom. The Morgan fingerprint density at radius 1 is 1.37 bits per heavy atom. The molecule has 1 aromatic rings. The van der Waals surface area contributed by atoms with Gasteiger partial charge in [0.2, 0.25) is 10.0 Å². The summed E-state index contributed by atoms with van der Waals surface area (Å²) in [4.78, 5) is -0.594. The van der Waals surface area contributed by atoms with Crippen LogP contribution < -0.4 is 0 Å². The SMILES string of the molecule is O=S(=O)(c1c(F)cc(F)cc1Br)N1CCCC(O)C1. The first-order valence-electron chi connectivity index (χ1n) is 5.65. The summed E-state index contributed by atoms with van der Waals surface area (Å²) in [5.74, 6) is -2.01. The summed E-state index contributed by atoms with van der Waals surface area (Å²) >= 11 is 2.87. The summed E-state index contributed by atoms with van der Waals surface area (Å²) in [6.45, 7) is 0.133. The molecule has 1 fully saturated rings. The lowest BCUT2D eigenvalue weighted by molar-refractivity contribution is 0.108. The Morgan fingerprint density at radius 2 is 2.05 bits per heavy atom. The second-order valence-corrected chi connectivity index (χ2v) is 7.09. The number of piperidine rings is 1. The molecule has 0 aromatic heterocycles. The number of sulfonamides is 1. The van der Waals surface area contributed by atoms with Crippen molar-refractivity contribution in [2.45, 2.75) is 23.8 Å². The number of β-amino-alcohol motifs (C(OH)–C–C–N with tert-alkyl or cyclic N) is 1. The van der Waals surface area contributed by atoms with E-state index < -0.39 is 32.7 Å². The number of aliphatic hydroxyl groups is 1. The topological polar surface area (TPSA) is 57.6 Å². The van der Waals surface area contributed by atoms with E-state index in [1.807, 2.05) is 0 Å². The Labute approximate surface area is 118 Å². The highest BCUT2D eigenvalue weighted by molar-refractivity contribution is 9.10. The predicted octanol–water partition coefficient (Wildman–Crippen LogP) is 1.87. The first-order chi connectivity index (χ1) is 8.82. The number of halogens is 3. The molecule has 1 aliphatic heterocycles. The number of aliphatic hydroxyl groups excluding tert-OH is 1. The van der Waals surface area contributed by atoms with Crippen LogP contribution in [0.15, 0.2) is 21.5 Å². The Kier molecular flexibility index (Phi) is 4.24. The van der Waals surface area contributed by atoms with Gasteiger partial charge in [-0.15, -0.1) is 0 Å². The van der Waals surface area contributed by atoms with Crippen molar-refractivity contribution in [3.8, 4) is 0 Å². The molecule has 1 saturated heterocycles. The number of hydrogen-bond acceptors (Lipinski definition) is 3. The Balaban J connectivity index is 2.45. The standard InChI is InChI=1S/C11H12BrF2NO3S/c12-9-4-7(13)5-10(14)11(9)19(17,18)15-3-1-2-8(16)6-15/h4-5,8,16H,1-3,6H2. The molecule has 4 nitrogen and oxygen atoms in total. The lowest BCUT2D eigenvalue weighted by Crippen LogP contribution is -2.42. The highest BCUT2D eigenvalue weighted by Crippen LogP contribution is 2.30. The normalized spacial score (nSPS) is 21.6. The molecule has 1 aromatic carbocycles. The van der Waals surface area contributed by atoms with Crippen LogP contribution in [0.25, 0.3) is 0 Å². The van der Waals surface area contributed by atoms with Crippen molar-refractivity contribution in [1.29, 1.82) is 0 Å². The fourth-order valence-corrected chi connectivity index (χ4v) is 4.67. The quantitative estimate of drug-likeness (QED) is 0.880. The molecule has 1 N–H and O–H groups in total. The van der Waals surface area contributed by atoms with E-state index in [-0.39, 0.29) is 17.6 Å². The molecule has 0 saturated carbocycles. The molecule has 1 aliphatic rings. The Hall–Kier alpha value is -0.570. The summed E-state index contributed by atoms with van der Waals surface area (Å²) in [6.07, 6.45) is 0.255. The molecular formula is C11H12BrF2NO3S. The molecule has 0 aliphatic carbocycles. The van der Waals surface area contributed by atoms with E-state index in [2.05, 4.69) is 15.9 Å². The van der Waals surface area contributed by atoms with Crippen molar-refractivity contribution in [3.05, 3.63) is 28.2 Å². The van der Waals surface area contributed by atoms with E-state index in [1.54, 1.807) is 0 Å². The van der Waals surface area contributed by atoms with Crippen molar-refractivity contribution in [2.75, 3.05) is 13.1 Å². The minimum absolute atomic E-state index is 0.0778. The van der Waals surface area contributed by atoms with Crippen LogP contribution in [-0.2, 0) is 10.0 Å². The lowest BCUT2D eigenvalue weighted by atomic mass is 10.1. The maximum absolute atomic E-state index is 13.7. The third-order valence-corrected chi connectivity index (χ3v) is 5.75. The van der Waals surface area contributed by atoms with Gasteiger partial charge in [0.05, 0.1) is 6.10 Å². The van der Waals surface area contributed by atoms with Gasteiger partial charge in [0.1, 0.15) is 16.5 Å². The second kappa shape index (κ2) is 5.43. The molecule has 0 radical (unpaired) electrons. The zero-order valence-electron chi connectivity index (χ0n) is 9.81. The van der Waals surface area contributed by atoms with Gasteiger partial charge >= 0.3 is 0 Å². The van der Waals surface area contributed by atoms with Crippen molar-refractivity contribution < 1.29 is 22.3 Å². The van der Waals surface area contributed by atoms with E-state index in [0.717, 1.165) is 10.4 Å². The molecule has 8 heteroatoms. The summed E-state index contributed by atoms with van der Waals surface area (Å²) in [6, 6.07) is 1.42. The van der Waals surface area contributed by atoms with E-state index in [9.17, 15) is 22.3 Å². The van der Waals surface area contributed by atoms with Crippen molar-refractivity contribution in [2.24, 2.45) is 0 Å². The Bertz CT molecular complexity index is 571. The van der Waals surface area contributed by atoms with Gasteiger partial charge in [-0.3, -0.25) is 0 Å². The molecule has 0 spiro atoms. The van der Waals surface area contributed by atoms with Crippen LogP contribution in [0.5, 0.6) is 0 Å². The van der Waals surface area contributed by atoms with Gasteiger partial charge in [-0.25, -0.2) is 17.2 Å². The second-order valence-electron chi connectivity index (χ2n) is 4.36. The molecule has 1 unspecified atom stereocenters. The van der Waals surface area contributed by atoms with Crippen molar-refractivity contribution in [3.63, 3.8) is 0 Å². The van der Waals surface area contributed by atoms with Gasteiger partial charge in [-0.05, 0) is 34.8 Å². The van der Waals surface area contributed by atoms with Gasteiger partial charge in [-0.1, -0.05) is 0 Å².